The van der Waals surface area contributed by atoms with E-state index in [1.165, 1.54) is 20.9 Å². The molecule has 0 N–H and O–H groups in total. The molecule has 1 aliphatic carbocycles. The molecule has 0 aromatic carbocycles. The van der Waals surface area contributed by atoms with Crippen molar-refractivity contribution in [3.8, 4) is 0 Å². The van der Waals surface area contributed by atoms with Crippen molar-refractivity contribution in [3.63, 3.8) is 0 Å². The summed E-state index contributed by atoms with van der Waals surface area (Å²) in [5.41, 5.74) is 4.21. The monoisotopic (exact) mass is 307 g/mol. The molecule has 0 aromatic heterocycles. The van der Waals surface area contributed by atoms with Gasteiger partial charge in [0.1, 0.15) is 0 Å². The van der Waals surface area contributed by atoms with Gasteiger partial charge in [-0.05, 0) is 0 Å². The Morgan fingerprint density at radius 2 is 1.46 bits per heavy atom. The van der Waals surface area contributed by atoms with Crippen LogP contribution in [0.2, 0.25) is 0 Å². The molecule has 0 nitrogen and oxygen atoms in total. The molecule has 0 saturated heterocycles. The zero-order valence-corrected chi connectivity index (χ0v) is 11.9. The van der Waals surface area contributed by atoms with E-state index >= 15 is 0 Å². The molecule has 1 aliphatic rings. The molecule has 0 radical (unpaired) electrons. The number of hydrogen-bond donors (Lipinski definition) is 0. The van der Waals surface area contributed by atoms with Gasteiger partial charge < -0.3 is 0 Å². The summed E-state index contributed by atoms with van der Waals surface area (Å²) < 4.78 is 1.30. The summed E-state index contributed by atoms with van der Waals surface area (Å²) in [7, 11) is 12.2. The summed E-state index contributed by atoms with van der Waals surface area (Å²) in [4.78, 5) is 0. The van der Waals surface area contributed by atoms with Crippen molar-refractivity contribution in [2.24, 2.45) is 5.41 Å². The third kappa shape index (κ3) is 1.76. The molecule has 0 aliphatic heterocycles. The Hall–Kier alpha value is 0.683. The quantitative estimate of drug-likeness (QED) is 0.623. The van der Waals surface area contributed by atoms with Crippen molar-refractivity contribution >= 4 is 19.4 Å². The molecule has 77 valence electrons. The minimum absolute atomic E-state index is 0.0938. The van der Waals surface area contributed by atoms with Crippen LogP contribution < -0.4 is 0 Å². The second-order valence-electron chi connectivity index (χ2n) is 3.99. The second kappa shape index (κ2) is 3.68. The van der Waals surface area contributed by atoms with Crippen molar-refractivity contribution in [2.75, 3.05) is 0 Å². The standard InChI is InChI=1S/C10H15.2ClH.Ru/c1-7-6-10(4,5)9(3)8(7)2;;;/h1-5H3;2*1H;/q;;;+2/p-2. The van der Waals surface area contributed by atoms with Gasteiger partial charge in [-0.15, -0.1) is 0 Å². The minimum atomic E-state index is -1.74. The zero-order chi connectivity index (χ0) is 10.4. The van der Waals surface area contributed by atoms with Gasteiger partial charge in [-0.3, -0.25) is 0 Å². The van der Waals surface area contributed by atoms with E-state index in [2.05, 4.69) is 34.6 Å². The van der Waals surface area contributed by atoms with Crippen molar-refractivity contribution in [3.05, 3.63) is 20.9 Å². The molecule has 13 heavy (non-hydrogen) atoms. The normalized spacial score (nSPS) is 22.8. The molecule has 0 atom stereocenters. The van der Waals surface area contributed by atoms with Gasteiger partial charge in [0.25, 0.3) is 0 Å². The fraction of sp³-hybridized carbons (Fsp3) is 0.600. The molecular formula is C10H15Cl2Ru. The number of allylic oxidation sites excluding steroid dienone is 4. The predicted octanol–water partition coefficient (Wildman–Crippen LogP) is 4.56. The Labute approximate surface area is 94.0 Å². The van der Waals surface area contributed by atoms with E-state index in [4.69, 9.17) is 19.4 Å². The van der Waals surface area contributed by atoms with Gasteiger partial charge in [0, 0.05) is 0 Å². The van der Waals surface area contributed by atoms with Crippen LogP contribution in [0.3, 0.4) is 0 Å². The van der Waals surface area contributed by atoms with Gasteiger partial charge >= 0.3 is 94.3 Å². The van der Waals surface area contributed by atoms with Crippen molar-refractivity contribution in [1.82, 2.24) is 0 Å². The summed E-state index contributed by atoms with van der Waals surface area (Å²) in [5.74, 6) is 0. The Morgan fingerprint density at radius 1 is 1.00 bits per heavy atom. The van der Waals surface area contributed by atoms with Gasteiger partial charge in [0.15, 0.2) is 0 Å². The van der Waals surface area contributed by atoms with Crippen LogP contribution in [0.5, 0.6) is 0 Å². The van der Waals surface area contributed by atoms with E-state index in [0.29, 0.717) is 0 Å². The molecule has 0 unspecified atom stereocenters. The number of halogens is 2. The maximum absolute atomic E-state index is 6.12. The summed E-state index contributed by atoms with van der Waals surface area (Å²) >= 11 is -1.74. The summed E-state index contributed by atoms with van der Waals surface area (Å²) in [6, 6.07) is 0. The average molecular weight is 307 g/mol. The van der Waals surface area contributed by atoms with Crippen LogP contribution in [0, 0.1) is 5.41 Å². The SMILES string of the molecule is CC1=C(C)C(C)(C)[C]([Ru]([Cl])[Cl])=C1C. The molecule has 3 heteroatoms. The van der Waals surface area contributed by atoms with Gasteiger partial charge in [-0.25, -0.2) is 0 Å². The van der Waals surface area contributed by atoms with E-state index in [1.54, 1.807) is 0 Å². The topological polar surface area (TPSA) is 0 Å². The summed E-state index contributed by atoms with van der Waals surface area (Å²) in [5, 5.41) is 0. The van der Waals surface area contributed by atoms with Crippen LogP contribution in [0.25, 0.3) is 0 Å². The van der Waals surface area contributed by atoms with E-state index in [1.807, 2.05) is 0 Å². The van der Waals surface area contributed by atoms with Crippen molar-refractivity contribution < 1.29 is 14.0 Å². The molecule has 0 aromatic rings. The molecule has 0 heterocycles. The van der Waals surface area contributed by atoms with Crippen LogP contribution >= 0.6 is 19.4 Å². The maximum atomic E-state index is 6.12. The third-order valence-corrected chi connectivity index (χ3v) is 7.03. The number of hydrogen-bond acceptors (Lipinski definition) is 0. The van der Waals surface area contributed by atoms with Crippen LogP contribution in [0.4, 0.5) is 0 Å². The third-order valence-electron chi connectivity index (χ3n) is 3.05. The first-order valence-electron chi connectivity index (χ1n) is 4.19. The van der Waals surface area contributed by atoms with Crippen molar-refractivity contribution in [1.29, 1.82) is 0 Å². The number of rotatable bonds is 1. The van der Waals surface area contributed by atoms with E-state index in [9.17, 15) is 0 Å². The fourth-order valence-electron chi connectivity index (χ4n) is 1.81. The van der Waals surface area contributed by atoms with Crippen LogP contribution in [0.1, 0.15) is 34.6 Å². The molecule has 0 amide bonds. The molecule has 0 saturated carbocycles. The van der Waals surface area contributed by atoms with E-state index < -0.39 is 14.0 Å². The van der Waals surface area contributed by atoms with E-state index in [-0.39, 0.29) is 5.41 Å². The van der Waals surface area contributed by atoms with Crippen LogP contribution in [0.15, 0.2) is 20.9 Å². The predicted molar refractivity (Wildman–Crippen MR) is 56.6 cm³/mol. The van der Waals surface area contributed by atoms with Crippen LogP contribution in [-0.4, -0.2) is 0 Å². The first-order valence-corrected chi connectivity index (χ1v) is 9.54. The van der Waals surface area contributed by atoms with Crippen LogP contribution in [-0.2, 0) is 14.0 Å². The fourth-order valence-corrected chi connectivity index (χ4v) is 6.93. The van der Waals surface area contributed by atoms with Gasteiger partial charge in [-0.1, -0.05) is 0 Å². The Balaban J connectivity index is 3.28. The molecule has 0 spiro atoms. The Kier molecular flexibility index (Phi) is 3.33. The van der Waals surface area contributed by atoms with Crippen molar-refractivity contribution in [2.45, 2.75) is 34.6 Å². The Morgan fingerprint density at radius 3 is 1.62 bits per heavy atom. The summed E-state index contributed by atoms with van der Waals surface area (Å²) in [6.07, 6.45) is 0. The molecule has 0 fully saturated rings. The van der Waals surface area contributed by atoms with Gasteiger partial charge in [-0.2, -0.15) is 0 Å². The zero-order valence-electron chi connectivity index (χ0n) is 8.61. The van der Waals surface area contributed by atoms with Gasteiger partial charge in [0.05, 0.1) is 0 Å². The molecular weight excluding hydrogens is 292 g/mol. The Bertz CT molecular complexity index is 298. The summed E-state index contributed by atoms with van der Waals surface area (Å²) in [6.45, 7) is 10.9. The average Bonchev–Trinajstić information content (AvgIpc) is 2.12. The van der Waals surface area contributed by atoms with Gasteiger partial charge in [0.2, 0.25) is 0 Å². The molecule has 1 rings (SSSR count). The molecule has 0 bridgehead atoms. The first kappa shape index (κ1) is 11.8. The second-order valence-corrected chi connectivity index (χ2v) is 9.73. The first-order chi connectivity index (χ1) is 5.80. The van der Waals surface area contributed by atoms with E-state index in [0.717, 1.165) is 0 Å².